The largest absolute Gasteiger partial charge is 0.352 e. The van der Waals surface area contributed by atoms with Gasteiger partial charge in [0.05, 0.1) is 5.75 Å². The first-order valence-electron chi connectivity index (χ1n) is 10.4. The Morgan fingerprint density at radius 1 is 1.07 bits per heavy atom. The Kier molecular flexibility index (Phi) is 10.2. The van der Waals surface area contributed by atoms with Crippen LogP contribution in [0.1, 0.15) is 38.3 Å². The molecule has 0 saturated heterocycles. The van der Waals surface area contributed by atoms with E-state index in [1.165, 1.54) is 11.8 Å². The average molecular weight is 447 g/mol. The Labute approximate surface area is 189 Å². The van der Waals surface area contributed by atoms with Crippen LogP contribution in [0, 0.1) is 0 Å². The molecule has 0 aromatic heterocycles. The van der Waals surface area contributed by atoms with Crippen molar-refractivity contribution < 1.29 is 9.59 Å². The van der Waals surface area contributed by atoms with E-state index >= 15 is 0 Å². The smallest absolute Gasteiger partial charge is 0.242 e. The van der Waals surface area contributed by atoms with Crippen molar-refractivity contribution >= 4 is 35.2 Å². The van der Waals surface area contributed by atoms with E-state index in [-0.39, 0.29) is 17.9 Å². The Balaban J connectivity index is 2.01. The first-order chi connectivity index (χ1) is 14.4. The summed E-state index contributed by atoms with van der Waals surface area (Å²) in [6.45, 7) is 6.31. The van der Waals surface area contributed by atoms with Crippen LogP contribution in [0.15, 0.2) is 54.6 Å². The van der Waals surface area contributed by atoms with Crippen molar-refractivity contribution in [2.75, 3.05) is 12.3 Å². The number of amides is 2. The summed E-state index contributed by atoms with van der Waals surface area (Å²) in [6.07, 6.45) is 1.56. The second-order valence-corrected chi connectivity index (χ2v) is 8.79. The van der Waals surface area contributed by atoms with Crippen LogP contribution in [0.4, 0.5) is 0 Å². The summed E-state index contributed by atoms with van der Waals surface area (Å²) in [5, 5.41) is 3.70. The number of hydrogen-bond acceptors (Lipinski definition) is 3. The quantitative estimate of drug-likeness (QED) is 0.531. The molecule has 0 aliphatic carbocycles. The molecule has 2 rings (SSSR count). The third kappa shape index (κ3) is 7.69. The zero-order valence-corrected chi connectivity index (χ0v) is 19.5. The molecule has 6 heteroatoms. The molecule has 2 atom stereocenters. The maximum atomic E-state index is 13.0. The maximum absolute atomic E-state index is 13.0. The molecule has 0 radical (unpaired) electrons. The molecule has 2 unspecified atom stereocenters. The number of thioether (sulfide) groups is 1. The molecule has 0 aliphatic heterocycles. The highest BCUT2D eigenvalue weighted by Crippen LogP contribution is 2.21. The van der Waals surface area contributed by atoms with Gasteiger partial charge in [0.2, 0.25) is 11.8 Å². The number of carbonyl (C=O) groups excluding carboxylic acids is 2. The van der Waals surface area contributed by atoms with Gasteiger partial charge in [0.15, 0.2) is 0 Å². The number of nitrogens with zero attached hydrogens (tertiary/aromatic N) is 1. The van der Waals surface area contributed by atoms with Gasteiger partial charge in [-0.3, -0.25) is 9.59 Å². The van der Waals surface area contributed by atoms with E-state index in [1.807, 2.05) is 68.4 Å². The van der Waals surface area contributed by atoms with Gasteiger partial charge in [-0.15, -0.1) is 11.8 Å². The van der Waals surface area contributed by atoms with Crippen molar-refractivity contribution in [3.8, 4) is 0 Å². The summed E-state index contributed by atoms with van der Waals surface area (Å²) in [5.41, 5.74) is 2.16. The number of benzene rings is 2. The molecule has 0 spiro atoms. The number of carbonyl (C=O) groups is 2. The minimum atomic E-state index is -0.517. The lowest BCUT2D eigenvalue weighted by atomic mass is 10.1. The Bertz CT molecular complexity index is 816. The van der Waals surface area contributed by atoms with Crippen molar-refractivity contribution in [1.29, 1.82) is 0 Å². The maximum Gasteiger partial charge on any atom is 0.242 e. The monoisotopic (exact) mass is 446 g/mol. The third-order valence-electron chi connectivity index (χ3n) is 5.09. The SMILES string of the molecule is CCC(C)NC(=O)C(C)N(CCc1ccccc1)C(=O)CSCc1ccccc1Cl. The first-order valence-corrected chi connectivity index (χ1v) is 11.9. The molecule has 0 saturated carbocycles. The number of rotatable bonds is 11. The van der Waals surface area contributed by atoms with Crippen molar-refractivity contribution in [1.82, 2.24) is 10.2 Å². The van der Waals surface area contributed by atoms with Gasteiger partial charge in [0, 0.05) is 23.4 Å². The molecule has 2 aromatic rings. The van der Waals surface area contributed by atoms with E-state index in [2.05, 4.69) is 5.32 Å². The fraction of sp³-hybridized carbons (Fsp3) is 0.417. The molecule has 0 fully saturated rings. The van der Waals surface area contributed by atoms with Crippen LogP contribution in [0.2, 0.25) is 5.02 Å². The molecular formula is C24H31ClN2O2S. The summed E-state index contributed by atoms with van der Waals surface area (Å²) in [5.74, 6) is 0.823. The molecule has 2 amide bonds. The first kappa shape index (κ1) is 24.3. The van der Waals surface area contributed by atoms with E-state index in [1.54, 1.807) is 11.8 Å². The van der Waals surface area contributed by atoms with Crippen molar-refractivity contribution in [2.24, 2.45) is 0 Å². The van der Waals surface area contributed by atoms with Crippen LogP contribution in [0.3, 0.4) is 0 Å². The van der Waals surface area contributed by atoms with Gasteiger partial charge in [-0.1, -0.05) is 67.1 Å². The highest BCUT2D eigenvalue weighted by Gasteiger charge is 2.26. The van der Waals surface area contributed by atoms with E-state index in [0.29, 0.717) is 29.5 Å². The normalized spacial score (nSPS) is 12.8. The van der Waals surface area contributed by atoms with Crippen molar-refractivity contribution in [3.63, 3.8) is 0 Å². The van der Waals surface area contributed by atoms with E-state index in [4.69, 9.17) is 11.6 Å². The zero-order chi connectivity index (χ0) is 21.9. The molecule has 1 N–H and O–H groups in total. The van der Waals surface area contributed by atoms with Gasteiger partial charge in [-0.25, -0.2) is 0 Å². The highest BCUT2D eigenvalue weighted by molar-refractivity contribution is 7.99. The van der Waals surface area contributed by atoms with E-state index in [0.717, 1.165) is 17.5 Å². The molecule has 0 heterocycles. The van der Waals surface area contributed by atoms with Crippen LogP contribution in [-0.2, 0) is 21.8 Å². The fourth-order valence-corrected chi connectivity index (χ4v) is 4.18. The summed E-state index contributed by atoms with van der Waals surface area (Å²) in [6, 6.07) is 17.2. The second-order valence-electron chi connectivity index (χ2n) is 7.40. The molecule has 162 valence electrons. The van der Waals surface area contributed by atoms with Crippen LogP contribution in [-0.4, -0.2) is 41.1 Å². The van der Waals surface area contributed by atoms with Gasteiger partial charge < -0.3 is 10.2 Å². The van der Waals surface area contributed by atoms with E-state index < -0.39 is 6.04 Å². The average Bonchev–Trinajstić information content (AvgIpc) is 2.75. The molecule has 30 heavy (non-hydrogen) atoms. The van der Waals surface area contributed by atoms with Gasteiger partial charge in [0.25, 0.3) is 0 Å². The lowest BCUT2D eigenvalue weighted by molar-refractivity contribution is -0.138. The summed E-state index contributed by atoms with van der Waals surface area (Å²) in [7, 11) is 0. The Morgan fingerprint density at radius 2 is 1.73 bits per heavy atom. The summed E-state index contributed by atoms with van der Waals surface area (Å²) < 4.78 is 0. The predicted octanol–water partition coefficient (Wildman–Crippen LogP) is 4.95. The number of hydrogen-bond donors (Lipinski definition) is 1. The lowest BCUT2D eigenvalue weighted by Crippen LogP contribution is -2.51. The number of halogens is 1. The predicted molar refractivity (Wildman–Crippen MR) is 127 cm³/mol. The Hall–Kier alpha value is -1.98. The van der Waals surface area contributed by atoms with Crippen molar-refractivity contribution in [3.05, 3.63) is 70.7 Å². The molecular weight excluding hydrogens is 416 g/mol. The van der Waals surface area contributed by atoms with Crippen LogP contribution < -0.4 is 5.32 Å². The molecule has 4 nitrogen and oxygen atoms in total. The van der Waals surface area contributed by atoms with Crippen molar-refractivity contribution in [2.45, 2.75) is 51.4 Å². The zero-order valence-electron chi connectivity index (χ0n) is 17.9. The minimum Gasteiger partial charge on any atom is -0.352 e. The van der Waals surface area contributed by atoms with Crippen LogP contribution >= 0.6 is 23.4 Å². The highest BCUT2D eigenvalue weighted by atomic mass is 35.5. The standard InChI is InChI=1S/C24H31ClN2O2S/c1-4-18(2)26-24(29)19(3)27(15-14-20-10-6-5-7-11-20)23(28)17-30-16-21-12-8-9-13-22(21)25/h5-13,18-19H,4,14-17H2,1-3H3,(H,26,29). The van der Waals surface area contributed by atoms with Gasteiger partial charge in [-0.2, -0.15) is 0 Å². The van der Waals surface area contributed by atoms with Gasteiger partial charge in [0.1, 0.15) is 6.04 Å². The second kappa shape index (κ2) is 12.7. The van der Waals surface area contributed by atoms with Crippen LogP contribution in [0.5, 0.6) is 0 Å². The van der Waals surface area contributed by atoms with E-state index in [9.17, 15) is 9.59 Å². The van der Waals surface area contributed by atoms with Gasteiger partial charge >= 0.3 is 0 Å². The third-order valence-corrected chi connectivity index (χ3v) is 6.43. The summed E-state index contributed by atoms with van der Waals surface area (Å²) in [4.78, 5) is 27.4. The summed E-state index contributed by atoms with van der Waals surface area (Å²) >= 11 is 7.73. The molecule has 0 bridgehead atoms. The lowest BCUT2D eigenvalue weighted by Gasteiger charge is -2.29. The topological polar surface area (TPSA) is 49.4 Å². The Morgan fingerprint density at radius 3 is 2.40 bits per heavy atom. The minimum absolute atomic E-state index is 0.0326. The molecule has 0 aliphatic rings. The molecule has 2 aromatic carbocycles. The van der Waals surface area contributed by atoms with Crippen LogP contribution in [0.25, 0.3) is 0 Å². The van der Waals surface area contributed by atoms with Gasteiger partial charge in [-0.05, 0) is 43.9 Å². The number of nitrogens with one attached hydrogen (secondary N) is 1. The fourth-order valence-electron chi connectivity index (χ4n) is 2.98.